The fourth-order valence-corrected chi connectivity index (χ4v) is 1.86. The van der Waals surface area contributed by atoms with Gasteiger partial charge in [0.1, 0.15) is 11.6 Å². The molecule has 0 spiro atoms. The molecule has 5 nitrogen and oxygen atoms in total. The number of aromatic nitrogens is 1. The third-order valence-electron chi connectivity index (χ3n) is 2.64. The Morgan fingerprint density at radius 1 is 1.50 bits per heavy atom. The van der Waals surface area contributed by atoms with Crippen molar-refractivity contribution in [2.45, 2.75) is 19.4 Å². The number of nitrogens with two attached hydrogens (primary N) is 1. The van der Waals surface area contributed by atoms with E-state index in [0.717, 1.165) is 10.8 Å². The highest BCUT2D eigenvalue weighted by Crippen LogP contribution is 2.25. The van der Waals surface area contributed by atoms with E-state index in [-0.39, 0.29) is 24.1 Å². The molecule has 0 saturated heterocycles. The topological polar surface area (TPSA) is 88.2 Å². The van der Waals surface area contributed by atoms with Crippen LogP contribution in [0.25, 0.3) is 10.8 Å². The van der Waals surface area contributed by atoms with Gasteiger partial charge in [-0.15, -0.1) is 0 Å². The van der Waals surface area contributed by atoms with Crippen molar-refractivity contribution >= 4 is 22.5 Å². The molecule has 0 bridgehead atoms. The van der Waals surface area contributed by atoms with Crippen LogP contribution in [0.1, 0.15) is 13.3 Å². The Morgan fingerprint density at radius 2 is 2.28 bits per heavy atom. The minimum Gasteiger partial charge on any atom is -0.508 e. The van der Waals surface area contributed by atoms with Crippen molar-refractivity contribution in [3.05, 3.63) is 30.5 Å². The molecule has 0 aliphatic rings. The van der Waals surface area contributed by atoms with Gasteiger partial charge in [-0.25, -0.2) is 4.98 Å². The summed E-state index contributed by atoms with van der Waals surface area (Å²) in [6.45, 7) is 1.86. The smallest absolute Gasteiger partial charge is 0.219 e. The predicted molar refractivity (Wildman–Crippen MR) is 70.3 cm³/mol. The van der Waals surface area contributed by atoms with Crippen LogP contribution in [0.5, 0.6) is 5.75 Å². The largest absolute Gasteiger partial charge is 0.508 e. The Hall–Kier alpha value is -2.30. The Kier molecular flexibility index (Phi) is 3.32. The van der Waals surface area contributed by atoms with Crippen molar-refractivity contribution in [2.75, 3.05) is 5.32 Å². The molecule has 5 heteroatoms. The summed E-state index contributed by atoms with van der Waals surface area (Å²) in [5.74, 6) is 0.455. The average Bonchev–Trinajstić information content (AvgIpc) is 2.28. The maximum atomic E-state index is 10.8. The zero-order valence-corrected chi connectivity index (χ0v) is 10.1. The summed E-state index contributed by atoms with van der Waals surface area (Å²) in [6, 6.07) is 6.83. The van der Waals surface area contributed by atoms with Gasteiger partial charge in [-0.3, -0.25) is 4.79 Å². The van der Waals surface area contributed by atoms with E-state index in [1.54, 1.807) is 18.3 Å². The normalized spacial score (nSPS) is 12.3. The molecule has 0 fully saturated rings. The number of fused-ring (bicyclic) bond motifs is 1. The van der Waals surface area contributed by atoms with Crippen molar-refractivity contribution in [3.63, 3.8) is 0 Å². The Labute approximate surface area is 105 Å². The molecule has 1 heterocycles. The van der Waals surface area contributed by atoms with Gasteiger partial charge in [-0.1, -0.05) is 6.07 Å². The fourth-order valence-electron chi connectivity index (χ4n) is 1.86. The summed E-state index contributed by atoms with van der Waals surface area (Å²) in [6.07, 6.45) is 1.91. The molecular weight excluding hydrogens is 230 g/mol. The van der Waals surface area contributed by atoms with E-state index in [4.69, 9.17) is 5.73 Å². The van der Waals surface area contributed by atoms with Crippen LogP contribution >= 0.6 is 0 Å². The number of anilines is 1. The molecule has 2 rings (SSSR count). The number of phenols is 1. The van der Waals surface area contributed by atoms with Crippen molar-refractivity contribution in [1.29, 1.82) is 0 Å². The summed E-state index contributed by atoms with van der Waals surface area (Å²) < 4.78 is 0. The highest BCUT2D eigenvalue weighted by atomic mass is 16.3. The first kappa shape index (κ1) is 12.2. The zero-order chi connectivity index (χ0) is 13.1. The molecule has 94 valence electrons. The minimum atomic E-state index is -0.363. The van der Waals surface area contributed by atoms with Crippen molar-refractivity contribution in [3.8, 4) is 5.75 Å². The van der Waals surface area contributed by atoms with Gasteiger partial charge < -0.3 is 16.2 Å². The molecule has 0 radical (unpaired) electrons. The second-order valence-electron chi connectivity index (χ2n) is 4.28. The Morgan fingerprint density at radius 3 is 3.00 bits per heavy atom. The molecule has 0 aliphatic carbocycles. The van der Waals surface area contributed by atoms with Crippen LogP contribution in [-0.2, 0) is 4.79 Å². The number of pyridine rings is 1. The SMILES string of the molecule is CC(CC(N)=O)Nc1nccc2ccc(O)cc12. The predicted octanol–water partition coefficient (Wildman–Crippen LogP) is 1.62. The van der Waals surface area contributed by atoms with Crippen LogP contribution in [0.3, 0.4) is 0 Å². The lowest BCUT2D eigenvalue weighted by Crippen LogP contribution is -2.24. The highest BCUT2D eigenvalue weighted by molar-refractivity contribution is 5.92. The van der Waals surface area contributed by atoms with E-state index in [0.29, 0.717) is 5.82 Å². The summed E-state index contributed by atoms with van der Waals surface area (Å²) in [4.78, 5) is 15.1. The monoisotopic (exact) mass is 245 g/mol. The van der Waals surface area contributed by atoms with Gasteiger partial charge >= 0.3 is 0 Å². The molecule has 1 aromatic carbocycles. The number of hydrogen-bond donors (Lipinski definition) is 3. The van der Waals surface area contributed by atoms with Gasteiger partial charge in [0.15, 0.2) is 0 Å². The van der Waals surface area contributed by atoms with Crippen molar-refractivity contribution in [2.24, 2.45) is 5.73 Å². The molecule has 18 heavy (non-hydrogen) atoms. The van der Waals surface area contributed by atoms with Crippen LogP contribution in [0.15, 0.2) is 30.5 Å². The van der Waals surface area contributed by atoms with E-state index < -0.39 is 0 Å². The number of nitrogens with one attached hydrogen (secondary N) is 1. The number of benzene rings is 1. The van der Waals surface area contributed by atoms with Crippen molar-refractivity contribution in [1.82, 2.24) is 4.98 Å². The van der Waals surface area contributed by atoms with E-state index in [1.165, 1.54) is 0 Å². The van der Waals surface area contributed by atoms with Crippen LogP contribution in [-0.4, -0.2) is 22.0 Å². The Bertz CT molecular complexity index is 583. The maximum absolute atomic E-state index is 10.8. The van der Waals surface area contributed by atoms with Crippen molar-refractivity contribution < 1.29 is 9.90 Å². The molecular formula is C13H15N3O2. The number of amides is 1. The van der Waals surface area contributed by atoms with Gasteiger partial charge in [0.25, 0.3) is 0 Å². The quantitative estimate of drug-likeness (QED) is 0.763. The van der Waals surface area contributed by atoms with E-state index >= 15 is 0 Å². The van der Waals surface area contributed by atoms with Gasteiger partial charge in [-0.2, -0.15) is 0 Å². The maximum Gasteiger partial charge on any atom is 0.219 e. The van der Waals surface area contributed by atoms with E-state index in [9.17, 15) is 9.90 Å². The highest BCUT2D eigenvalue weighted by Gasteiger charge is 2.09. The summed E-state index contributed by atoms with van der Waals surface area (Å²) in [5.41, 5.74) is 5.14. The number of nitrogens with zero attached hydrogens (tertiary/aromatic N) is 1. The van der Waals surface area contributed by atoms with Crippen LogP contribution in [0.2, 0.25) is 0 Å². The average molecular weight is 245 g/mol. The number of hydrogen-bond acceptors (Lipinski definition) is 4. The lowest BCUT2D eigenvalue weighted by atomic mass is 10.1. The number of primary amides is 1. The molecule has 4 N–H and O–H groups in total. The van der Waals surface area contributed by atoms with Crippen LogP contribution in [0.4, 0.5) is 5.82 Å². The molecule has 0 aliphatic heterocycles. The number of rotatable bonds is 4. The zero-order valence-electron chi connectivity index (χ0n) is 10.1. The summed E-state index contributed by atoms with van der Waals surface area (Å²) in [7, 11) is 0. The van der Waals surface area contributed by atoms with Crippen LogP contribution in [0, 0.1) is 0 Å². The van der Waals surface area contributed by atoms with E-state index in [2.05, 4.69) is 10.3 Å². The standard InChI is InChI=1S/C13H15N3O2/c1-8(6-12(14)18)16-13-11-7-10(17)3-2-9(11)4-5-15-13/h2-5,7-8,17H,6H2,1H3,(H2,14,18)(H,15,16). The van der Waals surface area contributed by atoms with Gasteiger partial charge in [0, 0.05) is 24.0 Å². The lowest BCUT2D eigenvalue weighted by Gasteiger charge is -2.14. The minimum absolute atomic E-state index is 0.108. The molecule has 0 saturated carbocycles. The molecule has 1 aromatic heterocycles. The number of phenolic OH excluding ortho intramolecular Hbond substituents is 1. The second-order valence-corrected chi connectivity index (χ2v) is 4.28. The molecule has 2 aromatic rings. The second kappa shape index (κ2) is 4.91. The molecule has 1 unspecified atom stereocenters. The lowest BCUT2D eigenvalue weighted by molar-refractivity contribution is -0.118. The Balaban J connectivity index is 2.32. The van der Waals surface area contributed by atoms with Crippen LogP contribution < -0.4 is 11.1 Å². The first-order chi connectivity index (χ1) is 8.56. The van der Waals surface area contributed by atoms with Gasteiger partial charge in [0.2, 0.25) is 5.91 Å². The third kappa shape index (κ3) is 2.68. The van der Waals surface area contributed by atoms with E-state index in [1.807, 2.05) is 19.1 Å². The van der Waals surface area contributed by atoms with Gasteiger partial charge in [-0.05, 0) is 30.5 Å². The number of aromatic hydroxyl groups is 1. The molecule has 1 amide bonds. The molecule has 1 atom stereocenters. The number of carbonyl (C=O) groups is 1. The van der Waals surface area contributed by atoms with Gasteiger partial charge in [0.05, 0.1) is 0 Å². The first-order valence-electron chi connectivity index (χ1n) is 5.69. The number of carbonyl (C=O) groups excluding carboxylic acids is 1. The summed E-state index contributed by atoms with van der Waals surface area (Å²) in [5, 5.41) is 14.4. The fraction of sp³-hybridized carbons (Fsp3) is 0.231. The first-order valence-corrected chi connectivity index (χ1v) is 5.69. The third-order valence-corrected chi connectivity index (χ3v) is 2.64. The summed E-state index contributed by atoms with van der Waals surface area (Å²) >= 11 is 0.